The van der Waals surface area contributed by atoms with E-state index in [-0.39, 0.29) is 30.1 Å². The fourth-order valence-corrected chi connectivity index (χ4v) is 3.41. The highest BCUT2D eigenvalue weighted by molar-refractivity contribution is 5.66. The first kappa shape index (κ1) is 24.6. The van der Waals surface area contributed by atoms with E-state index in [4.69, 9.17) is 9.47 Å². The molecule has 0 saturated carbocycles. The molecule has 0 spiro atoms. The smallest absolute Gasteiger partial charge is 0.303 e. The summed E-state index contributed by atoms with van der Waals surface area (Å²) in [6.07, 6.45) is 0. The quantitative estimate of drug-likeness (QED) is 0.511. The fourth-order valence-electron chi connectivity index (χ4n) is 3.41. The average Bonchev–Trinajstić information content (AvgIpc) is 2.35. The predicted octanol–water partition coefficient (Wildman–Crippen LogP) is 4.41. The van der Waals surface area contributed by atoms with Crippen molar-refractivity contribution in [1.29, 1.82) is 0 Å². The third-order valence-electron chi connectivity index (χ3n) is 6.96. The van der Waals surface area contributed by atoms with Gasteiger partial charge in [0.25, 0.3) is 0 Å². The van der Waals surface area contributed by atoms with Crippen LogP contribution in [0.1, 0.15) is 76.7 Å². The van der Waals surface area contributed by atoms with Crippen molar-refractivity contribution < 1.29 is 18.8 Å². The van der Waals surface area contributed by atoms with E-state index in [1.54, 1.807) is 7.11 Å². The summed E-state index contributed by atoms with van der Waals surface area (Å²) in [4.78, 5) is 11.6. The molecule has 0 aromatic heterocycles. The zero-order valence-electron chi connectivity index (χ0n) is 16.9. The maximum absolute atomic E-state index is 11.6. The largest absolute Gasteiger partial charge is 0.453 e. The Morgan fingerprint density at radius 1 is 0.913 bits per heavy atom. The lowest BCUT2D eigenvalue weighted by molar-refractivity contribution is -1.01. The van der Waals surface area contributed by atoms with Gasteiger partial charge < -0.3 is 14.0 Å². The minimum Gasteiger partial charge on any atom is -0.453 e. The lowest BCUT2D eigenvalue weighted by Gasteiger charge is -2.63. The molecule has 140 valence electrons. The molecule has 4 nitrogen and oxygen atoms in total. The SMILES string of the molecule is C.CC[N+](C)(C(C)(C)C(C)(C)OC)C(C)(C)C(C)(C)OC(C)=O. The molecule has 0 aromatic carbocycles. The minimum atomic E-state index is -0.606. The van der Waals surface area contributed by atoms with Gasteiger partial charge in [-0.15, -0.1) is 0 Å². The molecule has 0 saturated heterocycles. The molecule has 0 rings (SSSR count). The van der Waals surface area contributed by atoms with Crippen LogP contribution in [0.3, 0.4) is 0 Å². The van der Waals surface area contributed by atoms with E-state index in [0.29, 0.717) is 4.48 Å². The molecule has 0 fully saturated rings. The summed E-state index contributed by atoms with van der Waals surface area (Å²) in [6, 6.07) is 0. The molecule has 0 N–H and O–H groups in total. The highest BCUT2D eigenvalue weighted by atomic mass is 16.6. The van der Waals surface area contributed by atoms with Crippen molar-refractivity contribution in [2.75, 3.05) is 20.7 Å². The van der Waals surface area contributed by atoms with Crippen LogP contribution in [-0.4, -0.2) is 53.4 Å². The van der Waals surface area contributed by atoms with Crippen molar-refractivity contribution in [2.45, 2.75) is 98.9 Å². The minimum absolute atomic E-state index is 0. The van der Waals surface area contributed by atoms with E-state index in [2.05, 4.69) is 55.5 Å². The Morgan fingerprint density at radius 2 is 1.26 bits per heavy atom. The maximum Gasteiger partial charge on any atom is 0.303 e. The van der Waals surface area contributed by atoms with Gasteiger partial charge in [0.2, 0.25) is 0 Å². The molecular weight excluding hydrogens is 290 g/mol. The number of likely N-dealkylation sites (N-methyl/N-ethyl adjacent to an activating group) is 1. The van der Waals surface area contributed by atoms with Gasteiger partial charge >= 0.3 is 5.97 Å². The van der Waals surface area contributed by atoms with Crippen molar-refractivity contribution in [3.8, 4) is 0 Å². The van der Waals surface area contributed by atoms with Gasteiger partial charge in [-0.25, -0.2) is 0 Å². The summed E-state index contributed by atoms with van der Waals surface area (Å²) >= 11 is 0. The summed E-state index contributed by atoms with van der Waals surface area (Å²) in [7, 11) is 3.98. The van der Waals surface area contributed by atoms with Gasteiger partial charge in [-0.3, -0.25) is 4.79 Å². The summed E-state index contributed by atoms with van der Waals surface area (Å²) < 4.78 is 12.2. The van der Waals surface area contributed by atoms with E-state index < -0.39 is 5.60 Å². The fraction of sp³-hybridized carbons (Fsp3) is 0.947. The van der Waals surface area contributed by atoms with Crippen LogP contribution in [0.4, 0.5) is 0 Å². The number of esters is 1. The van der Waals surface area contributed by atoms with Crippen LogP contribution in [0.15, 0.2) is 0 Å². The van der Waals surface area contributed by atoms with Crippen molar-refractivity contribution in [3.05, 3.63) is 0 Å². The number of hydrogen-bond acceptors (Lipinski definition) is 3. The van der Waals surface area contributed by atoms with Gasteiger partial charge in [0, 0.05) is 14.0 Å². The Kier molecular flexibility index (Phi) is 7.61. The Labute approximate surface area is 145 Å². The zero-order valence-corrected chi connectivity index (χ0v) is 16.9. The number of nitrogens with zero attached hydrogens (tertiary/aromatic N) is 1. The molecule has 1 unspecified atom stereocenters. The molecule has 0 aromatic rings. The monoisotopic (exact) mass is 332 g/mol. The number of rotatable bonds is 7. The van der Waals surface area contributed by atoms with Crippen molar-refractivity contribution in [2.24, 2.45) is 0 Å². The van der Waals surface area contributed by atoms with Gasteiger partial charge in [-0.05, 0) is 62.3 Å². The molecule has 0 amide bonds. The normalized spacial score (nSPS) is 16.3. The summed E-state index contributed by atoms with van der Waals surface area (Å²) in [5.74, 6) is -0.246. The molecule has 4 heteroatoms. The third kappa shape index (κ3) is 3.74. The van der Waals surface area contributed by atoms with Crippen LogP contribution >= 0.6 is 0 Å². The number of hydrogen-bond donors (Lipinski definition) is 0. The highest BCUT2D eigenvalue weighted by Gasteiger charge is 2.63. The highest BCUT2D eigenvalue weighted by Crippen LogP contribution is 2.46. The molecule has 0 aliphatic heterocycles. The van der Waals surface area contributed by atoms with E-state index in [9.17, 15) is 4.79 Å². The Balaban J connectivity index is 0. The van der Waals surface area contributed by atoms with Crippen molar-refractivity contribution in [3.63, 3.8) is 0 Å². The molecule has 0 bridgehead atoms. The summed E-state index contributed by atoms with van der Waals surface area (Å²) in [5.41, 5.74) is -1.45. The molecule has 0 aliphatic rings. The Hall–Kier alpha value is -0.610. The van der Waals surface area contributed by atoms with Crippen molar-refractivity contribution in [1.82, 2.24) is 0 Å². The lowest BCUT2D eigenvalue weighted by atomic mass is 9.73. The molecule has 0 aliphatic carbocycles. The van der Waals surface area contributed by atoms with Crippen LogP contribution in [0, 0.1) is 0 Å². The second-order valence-corrected chi connectivity index (χ2v) is 8.44. The van der Waals surface area contributed by atoms with Gasteiger partial charge in [-0.1, -0.05) is 7.43 Å². The summed E-state index contributed by atoms with van der Waals surface area (Å²) in [5, 5.41) is 0. The van der Waals surface area contributed by atoms with Crippen molar-refractivity contribution >= 4 is 5.97 Å². The standard InChI is InChI=1S/C18H38NO3.CH4/c1-13-19(11,15(3,4)17(7,8)21-12)16(5,6)18(9,10)22-14(2)20;/h13H2,1-12H3;1H4/q+1;. The predicted molar refractivity (Wildman–Crippen MR) is 98.5 cm³/mol. The van der Waals surface area contributed by atoms with E-state index in [1.165, 1.54) is 6.92 Å². The second kappa shape index (κ2) is 7.10. The first-order chi connectivity index (χ1) is 9.54. The Bertz CT molecular complexity index is 411. The third-order valence-corrected chi connectivity index (χ3v) is 6.96. The van der Waals surface area contributed by atoms with Crippen LogP contribution in [0.2, 0.25) is 0 Å². The lowest BCUT2D eigenvalue weighted by Crippen LogP contribution is -2.79. The molecule has 1 atom stereocenters. The van der Waals surface area contributed by atoms with Crippen LogP contribution in [-0.2, 0) is 14.3 Å². The number of carbonyl (C=O) groups excluding carboxylic acids is 1. The van der Waals surface area contributed by atoms with E-state index >= 15 is 0 Å². The van der Waals surface area contributed by atoms with E-state index in [0.717, 1.165) is 6.54 Å². The van der Waals surface area contributed by atoms with Crippen LogP contribution in [0.5, 0.6) is 0 Å². The number of quaternary nitrogens is 1. The number of carbonyl (C=O) groups is 1. The zero-order chi connectivity index (χ0) is 18.2. The molecule has 0 radical (unpaired) electrons. The van der Waals surface area contributed by atoms with E-state index in [1.807, 2.05) is 13.8 Å². The summed E-state index contributed by atoms with van der Waals surface area (Å²) in [6.45, 7) is 21.6. The van der Waals surface area contributed by atoms with Crippen LogP contribution in [0.25, 0.3) is 0 Å². The Morgan fingerprint density at radius 3 is 1.52 bits per heavy atom. The van der Waals surface area contributed by atoms with Gasteiger partial charge in [0.05, 0.1) is 13.6 Å². The maximum atomic E-state index is 11.6. The average molecular weight is 333 g/mol. The van der Waals surface area contributed by atoms with Gasteiger partial charge in [0.15, 0.2) is 5.60 Å². The number of methoxy groups -OCH3 is 1. The molecular formula is C19H42NO3+. The van der Waals surface area contributed by atoms with Gasteiger partial charge in [-0.2, -0.15) is 0 Å². The first-order valence-corrected chi connectivity index (χ1v) is 8.14. The number of ether oxygens (including phenoxy) is 2. The second-order valence-electron chi connectivity index (χ2n) is 8.44. The van der Waals surface area contributed by atoms with Crippen LogP contribution < -0.4 is 0 Å². The van der Waals surface area contributed by atoms with Gasteiger partial charge in [0.1, 0.15) is 16.7 Å². The topological polar surface area (TPSA) is 35.5 Å². The first-order valence-electron chi connectivity index (χ1n) is 8.14. The molecule has 0 heterocycles. The molecule has 23 heavy (non-hydrogen) atoms.